The number of imidazole rings is 1. The lowest BCUT2D eigenvalue weighted by Gasteiger charge is -2.05. The number of anilines is 1. The minimum Gasteiger partial charge on any atom is -0.369 e. The van der Waals surface area contributed by atoms with E-state index in [9.17, 15) is 4.79 Å². The Bertz CT molecular complexity index is 570. The molecule has 2 aromatic heterocycles. The topological polar surface area (TPSA) is 112 Å². The summed E-state index contributed by atoms with van der Waals surface area (Å²) in [5.74, 6) is 0.817. The number of nitrogens with zero attached hydrogens (tertiary/aromatic N) is 2. The molecule has 2 aromatic rings. The van der Waals surface area contributed by atoms with Crippen LogP contribution in [-0.2, 0) is 6.42 Å². The number of H-pyrrole nitrogens is 2. The van der Waals surface area contributed by atoms with Crippen molar-refractivity contribution in [3.05, 3.63) is 16.2 Å². The number of nitrogens with one attached hydrogen (secondary N) is 3. The predicted molar refractivity (Wildman–Crippen MR) is 65.8 cm³/mol. The van der Waals surface area contributed by atoms with E-state index in [1.807, 2.05) is 0 Å². The van der Waals surface area contributed by atoms with Crippen LogP contribution in [-0.4, -0.2) is 32.5 Å². The first-order valence-corrected chi connectivity index (χ1v) is 5.54. The van der Waals surface area contributed by atoms with Crippen molar-refractivity contribution < 1.29 is 0 Å². The third-order valence-electron chi connectivity index (χ3n) is 2.34. The number of nitrogen functional groups attached to an aromatic ring is 1. The molecular formula is C10H16N6O. The van der Waals surface area contributed by atoms with Gasteiger partial charge in [0.1, 0.15) is 5.82 Å². The minimum atomic E-state index is -0.289. The van der Waals surface area contributed by atoms with Crippen LogP contribution in [0.2, 0.25) is 0 Å². The quantitative estimate of drug-likeness (QED) is 0.585. The number of fused-ring (bicyclic) bond motifs is 1. The normalized spacial score (nSPS) is 11.5. The van der Waals surface area contributed by atoms with Gasteiger partial charge in [0.25, 0.3) is 5.56 Å². The van der Waals surface area contributed by atoms with Crippen LogP contribution < -0.4 is 16.6 Å². The van der Waals surface area contributed by atoms with Crippen LogP contribution in [0.4, 0.5) is 5.95 Å². The molecule has 0 aliphatic heterocycles. The third kappa shape index (κ3) is 2.62. The van der Waals surface area contributed by atoms with Gasteiger partial charge < -0.3 is 16.0 Å². The van der Waals surface area contributed by atoms with Crippen molar-refractivity contribution in [2.45, 2.75) is 26.3 Å². The average Bonchev–Trinajstić information content (AvgIpc) is 2.60. The molecule has 92 valence electrons. The third-order valence-corrected chi connectivity index (χ3v) is 2.34. The van der Waals surface area contributed by atoms with E-state index in [0.29, 0.717) is 23.6 Å². The van der Waals surface area contributed by atoms with Crippen LogP contribution >= 0.6 is 0 Å². The zero-order valence-electron chi connectivity index (χ0n) is 9.87. The van der Waals surface area contributed by atoms with Gasteiger partial charge in [0.15, 0.2) is 11.2 Å². The second-order valence-corrected chi connectivity index (χ2v) is 4.19. The molecule has 0 saturated carbocycles. The highest BCUT2D eigenvalue weighted by Gasteiger charge is 2.08. The Morgan fingerprint density at radius 2 is 2.12 bits per heavy atom. The second-order valence-electron chi connectivity index (χ2n) is 4.19. The van der Waals surface area contributed by atoms with Gasteiger partial charge >= 0.3 is 0 Å². The lowest BCUT2D eigenvalue weighted by Crippen LogP contribution is -2.25. The van der Waals surface area contributed by atoms with Crippen molar-refractivity contribution in [3.8, 4) is 0 Å². The maximum atomic E-state index is 11.5. The fourth-order valence-electron chi connectivity index (χ4n) is 1.57. The van der Waals surface area contributed by atoms with E-state index in [1.54, 1.807) is 0 Å². The number of hydrogen-bond donors (Lipinski definition) is 4. The summed E-state index contributed by atoms with van der Waals surface area (Å²) >= 11 is 0. The molecule has 0 aromatic carbocycles. The molecule has 5 N–H and O–H groups in total. The molecule has 0 atom stereocenters. The largest absolute Gasteiger partial charge is 0.369 e. The summed E-state index contributed by atoms with van der Waals surface area (Å²) in [4.78, 5) is 25.1. The van der Waals surface area contributed by atoms with E-state index in [4.69, 9.17) is 5.73 Å². The fourth-order valence-corrected chi connectivity index (χ4v) is 1.57. The molecule has 2 rings (SSSR count). The van der Waals surface area contributed by atoms with E-state index in [2.05, 4.69) is 39.1 Å². The SMILES string of the molecule is CC(C)NCCc1nc2nc(N)[nH]c(=O)c2[nH]1. The molecule has 17 heavy (non-hydrogen) atoms. The van der Waals surface area contributed by atoms with Crippen LogP contribution in [0.25, 0.3) is 11.2 Å². The summed E-state index contributed by atoms with van der Waals surface area (Å²) in [6, 6.07) is 0.427. The van der Waals surface area contributed by atoms with Gasteiger partial charge in [-0.1, -0.05) is 13.8 Å². The maximum absolute atomic E-state index is 11.5. The Morgan fingerprint density at radius 1 is 1.35 bits per heavy atom. The molecule has 0 radical (unpaired) electrons. The highest BCUT2D eigenvalue weighted by atomic mass is 16.1. The summed E-state index contributed by atoms with van der Waals surface area (Å²) in [5.41, 5.74) is 5.89. The Kier molecular flexibility index (Phi) is 3.10. The fraction of sp³-hybridized carbons (Fsp3) is 0.500. The summed E-state index contributed by atoms with van der Waals surface area (Å²) in [6.45, 7) is 4.95. The summed E-state index contributed by atoms with van der Waals surface area (Å²) in [7, 11) is 0. The Hall–Kier alpha value is -1.89. The number of rotatable bonds is 4. The summed E-state index contributed by atoms with van der Waals surface area (Å²) in [6.07, 6.45) is 0.716. The highest BCUT2D eigenvalue weighted by molar-refractivity contribution is 5.70. The standard InChI is InChI=1S/C10H16N6O/c1-5(2)12-4-3-6-13-7-8(14-6)15-10(11)16-9(7)17/h5,12H,3-4H2,1-2H3,(H4,11,13,14,15,16,17). The summed E-state index contributed by atoms with van der Waals surface area (Å²) in [5, 5.41) is 3.27. The van der Waals surface area contributed by atoms with E-state index < -0.39 is 0 Å². The molecule has 0 fully saturated rings. The Balaban J connectivity index is 2.20. The lowest BCUT2D eigenvalue weighted by molar-refractivity contribution is 0.585. The van der Waals surface area contributed by atoms with Crippen LogP contribution in [0.15, 0.2) is 4.79 Å². The Labute approximate surface area is 97.9 Å². The van der Waals surface area contributed by atoms with Crippen molar-refractivity contribution in [3.63, 3.8) is 0 Å². The first-order chi connectivity index (χ1) is 8.06. The van der Waals surface area contributed by atoms with Crippen molar-refractivity contribution in [2.75, 3.05) is 12.3 Å². The van der Waals surface area contributed by atoms with Crippen LogP contribution in [0.3, 0.4) is 0 Å². The molecule has 2 heterocycles. The van der Waals surface area contributed by atoms with Gasteiger partial charge in [-0.3, -0.25) is 9.78 Å². The van der Waals surface area contributed by atoms with Gasteiger partial charge in [0.05, 0.1) is 0 Å². The molecule has 0 aliphatic rings. The highest BCUT2D eigenvalue weighted by Crippen LogP contribution is 2.04. The van der Waals surface area contributed by atoms with Gasteiger partial charge in [0, 0.05) is 19.0 Å². The molecule has 0 saturated heterocycles. The van der Waals surface area contributed by atoms with E-state index >= 15 is 0 Å². The predicted octanol–water partition coefficient (Wildman–Crippen LogP) is -0.231. The maximum Gasteiger partial charge on any atom is 0.278 e. The average molecular weight is 236 g/mol. The molecule has 0 aliphatic carbocycles. The number of aromatic nitrogens is 4. The number of nitrogens with two attached hydrogens (primary N) is 1. The number of hydrogen-bond acceptors (Lipinski definition) is 5. The molecule has 0 bridgehead atoms. The molecule has 7 nitrogen and oxygen atoms in total. The molecular weight excluding hydrogens is 220 g/mol. The van der Waals surface area contributed by atoms with E-state index in [-0.39, 0.29) is 11.5 Å². The second kappa shape index (κ2) is 4.54. The van der Waals surface area contributed by atoms with Gasteiger partial charge in [0.2, 0.25) is 5.95 Å². The molecule has 7 heteroatoms. The van der Waals surface area contributed by atoms with Crippen molar-refractivity contribution >= 4 is 17.1 Å². The lowest BCUT2D eigenvalue weighted by atomic mass is 10.3. The van der Waals surface area contributed by atoms with Crippen LogP contribution in [0, 0.1) is 0 Å². The molecule has 0 unspecified atom stereocenters. The number of aromatic amines is 2. The van der Waals surface area contributed by atoms with Gasteiger partial charge in [-0.2, -0.15) is 4.98 Å². The van der Waals surface area contributed by atoms with Crippen LogP contribution in [0.1, 0.15) is 19.7 Å². The molecule has 0 spiro atoms. The minimum absolute atomic E-state index is 0.0841. The van der Waals surface area contributed by atoms with Gasteiger partial charge in [-0.25, -0.2) is 4.98 Å². The van der Waals surface area contributed by atoms with Crippen molar-refractivity contribution in [1.82, 2.24) is 25.3 Å². The van der Waals surface area contributed by atoms with Crippen LogP contribution in [0.5, 0.6) is 0 Å². The summed E-state index contributed by atoms with van der Waals surface area (Å²) < 4.78 is 0. The van der Waals surface area contributed by atoms with E-state index in [0.717, 1.165) is 12.4 Å². The first-order valence-electron chi connectivity index (χ1n) is 5.54. The van der Waals surface area contributed by atoms with Gasteiger partial charge in [-0.05, 0) is 0 Å². The van der Waals surface area contributed by atoms with Gasteiger partial charge in [-0.15, -0.1) is 0 Å². The van der Waals surface area contributed by atoms with E-state index in [1.165, 1.54) is 0 Å². The zero-order chi connectivity index (χ0) is 12.4. The zero-order valence-corrected chi connectivity index (χ0v) is 9.87. The van der Waals surface area contributed by atoms with Crippen molar-refractivity contribution in [2.24, 2.45) is 0 Å². The monoisotopic (exact) mass is 236 g/mol. The van der Waals surface area contributed by atoms with Crippen molar-refractivity contribution in [1.29, 1.82) is 0 Å². The smallest absolute Gasteiger partial charge is 0.278 e. The molecule has 0 amide bonds. The first kappa shape index (κ1) is 11.6. The Morgan fingerprint density at radius 3 is 2.82 bits per heavy atom.